The Labute approximate surface area is 119 Å². The average Bonchev–Trinajstić information content (AvgIpc) is 2.46. The van der Waals surface area contributed by atoms with Crippen molar-refractivity contribution in [2.24, 2.45) is 0 Å². The SMILES string of the molecule is COCCOc1ccccc1NC(=O)N(C)CCOC. The smallest absolute Gasteiger partial charge is 0.321 e. The van der Waals surface area contributed by atoms with E-state index in [0.29, 0.717) is 37.8 Å². The second-order valence-electron chi connectivity index (χ2n) is 4.18. The van der Waals surface area contributed by atoms with Crippen molar-refractivity contribution in [3.05, 3.63) is 24.3 Å². The van der Waals surface area contributed by atoms with Gasteiger partial charge in [0.15, 0.2) is 0 Å². The monoisotopic (exact) mass is 282 g/mol. The largest absolute Gasteiger partial charge is 0.489 e. The molecule has 1 rings (SSSR count). The van der Waals surface area contributed by atoms with E-state index in [1.165, 1.54) is 0 Å². The molecule has 1 aromatic carbocycles. The molecule has 0 aliphatic carbocycles. The van der Waals surface area contributed by atoms with Crippen molar-refractivity contribution in [3.8, 4) is 5.75 Å². The second kappa shape index (κ2) is 9.17. The normalized spacial score (nSPS) is 10.2. The predicted molar refractivity (Wildman–Crippen MR) is 77.3 cm³/mol. The summed E-state index contributed by atoms with van der Waals surface area (Å²) in [6.07, 6.45) is 0. The molecule has 0 heterocycles. The van der Waals surface area contributed by atoms with Crippen LogP contribution in [0.1, 0.15) is 0 Å². The Morgan fingerprint density at radius 2 is 1.85 bits per heavy atom. The number of carbonyl (C=O) groups is 1. The van der Waals surface area contributed by atoms with Gasteiger partial charge < -0.3 is 24.4 Å². The lowest BCUT2D eigenvalue weighted by Gasteiger charge is -2.19. The number of carbonyl (C=O) groups excluding carboxylic acids is 1. The van der Waals surface area contributed by atoms with E-state index in [1.54, 1.807) is 38.3 Å². The van der Waals surface area contributed by atoms with E-state index in [9.17, 15) is 4.79 Å². The van der Waals surface area contributed by atoms with Gasteiger partial charge in [-0.05, 0) is 12.1 Å². The molecule has 0 aromatic heterocycles. The number of methoxy groups -OCH3 is 2. The minimum atomic E-state index is -0.204. The number of nitrogens with one attached hydrogen (secondary N) is 1. The Bertz CT molecular complexity index is 412. The minimum Gasteiger partial charge on any atom is -0.489 e. The molecule has 20 heavy (non-hydrogen) atoms. The molecule has 1 N–H and O–H groups in total. The first-order valence-corrected chi connectivity index (χ1v) is 6.41. The lowest BCUT2D eigenvalue weighted by atomic mass is 10.3. The number of rotatable bonds is 8. The lowest BCUT2D eigenvalue weighted by Crippen LogP contribution is -2.33. The third kappa shape index (κ3) is 5.46. The number of para-hydroxylation sites is 2. The zero-order valence-corrected chi connectivity index (χ0v) is 12.2. The van der Waals surface area contributed by atoms with Gasteiger partial charge in [-0.15, -0.1) is 0 Å². The quantitative estimate of drug-likeness (QED) is 0.739. The fourth-order valence-corrected chi connectivity index (χ4v) is 1.47. The Morgan fingerprint density at radius 3 is 2.55 bits per heavy atom. The van der Waals surface area contributed by atoms with Gasteiger partial charge in [0, 0.05) is 27.8 Å². The zero-order valence-electron chi connectivity index (χ0n) is 12.2. The zero-order chi connectivity index (χ0) is 14.8. The molecule has 0 atom stereocenters. The van der Waals surface area contributed by atoms with E-state index in [1.807, 2.05) is 12.1 Å². The highest BCUT2D eigenvalue weighted by atomic mass is 16.5. The summed E-state index contributed by atoms with van der Waals surface area (Å²) in [6, 6.07) is 7.09. The summed E-state index contributed by atoms with van der Waals surface area (Å²) in [4.78, 5) is 13.5. The molecule has 0 radical (unpaired) electrons. The van der Waals surface area contributed by atoms with Crippen molar-refractivity contribution >= 4 is 11.7 Å². The number of nitrogens with zero attached hydrogens (tertiary/aromatic N) is 1. The second-order valence-corrected chi connectivity index (χ2v) is 4.18. The summed E-state index contributed by atoms with van der Waals surface area (Å²) in [6.45, 7) is 1.95. The van der Waals surface area contributed by atoms with Crippen LogP contribution in [0.2, 0.25) is 0 Å². The molecule has 0 aliphatic rings. The summed E-state index contributed by atoms with van der Waals surface area (Å²) in [5, 5.41) is 2.81. The number of urea groups is 1. The highest BCUT2D eigenvalue weighted by molar-refractivity contribution is 5.90. The summed E-state index contributed by atoms with van der Waals surface area (Å²) in [5.74, 6) is 0.623. The van der Waals surface area contributed by atoms with Crippen LogP contribution in [0.3, 0.4) is 0 Å². The molecule has 0 spiro atoms. The van der Waals surface area contributed by atoms with Crippen LogP contribution in [0.15, 0.2) is 24.3 Å². The molecule has 0 bridgehead atoms. The van der Waals surface area contributed by atoms with Gasteiger partial charge in [0.2, 0.25) is 0 Å². The maximum Gasteiger partial charge on any atom is 0.321 e. The number of hydrogen-bond acceptors (Lipinski definition) is 4. The van der Waals surface area contributed by atoms with Crippen molar-refractivity contribution < 1.29 is 19.0 Å². The van der Waals surface area contributed by atoms with Crippen LogP contribution in [0.4, 0.5) is 10.5 Å². The first-order valence-electron chi connectivity index (χ1n) is 6.41. The standard InChI is InChI=1S/C14H22N2O4/c1-16(8-9-18-2)14(17)15-12-6-4-5-7-13(12)20-11-10-19-3/h4-7H,8-11H2,1-3H3,(H,15,17). The van der Waals surface area contributed by atoms with E-state index in [-0.39, 0.29) is 6.03 Å². The van der Waals surface area contributed by atoms with Gasteiger partial charge in [-0.1, -0.05) is 12.1 Å². The van der Waals surface area contributed by atoms with E-state index in [0.717, 1.165) is 0 Å². The van der Waals surface area contributed by atoms with Gasteiger partial charge in [-0.3, -0.25) is 0 Å². The third-order valence-corrected chi connectivity index (χ3v) is 2.65. The van der Waals surface area contributed by atoms with Crippen LogP contribution in [-0.4, -0.2) is 58.6 Å². The van der Waals surface area contributed by atoms with Gasteiger partial charge in [0.05, 0.1) is 18.9 Å². The van der Waals surface area contributed by atoms with Gasteiger partial charge in [-0.2, -0.15) is 0 Å². The van der Waals surface area contributed by atoms with E-state index in [4.69, 9.17) is 14.2 Å². The molecular weight excluding hydrogens is 260 g/mol. The molecule has 2 amide bonds. The van der Waals surface area contributed by atoms with Crippen LogP contribution in [0, 0.1) is 0 Å². The molecule has 112 valence electrons. The number of ether oxygens (including phenoxy) is 3. The van der Waals surface area contributed by atoms with Crippen LogP contribution in [-0.2, 0) is 9.47 Å². The summed E-state index contributed by atoms with van der Waals surface area (Å²) in [5.41, 5.74) is 0.637. The Hall–Kier alpha value is -1.79. The number of benzene rings is 1. The van der Waals surface area contributed by atoms with E-state index >= 15 is 0 Å². The van der Waals surface area contributed by atoms with Crippen LogP contribution >= 0.6 is 0 Å². The maximum atomic E-state index is 12.0. The molecule has 0 aliphatic heterocycles. The van der Waals surface area contributed by atoms with Crippen molar-refractivity contribution in [2.75, 3.05) is 52.9 Å². The molecular formula is C14H22N2O4. The molecule has 6 nitrogen and oxygen atoms in total. The van der Waals surface area contributed by atoms with E-state index < -0.39 is 0 Å². The first-order chi connectivity index (χ1) is 9.69. The minimum absolute atomic E-state index is 0.204. The third-order valence-electron chi connectivity index (χ3n) is 2.65. The van der Waals surface area contributed by atoms with Gasteiger partial charge in [0.25, 0.3) is 0 Å². The Balaban J connectivity index is 2.59. The van der Waals surface area contributed by atoms with Crippen molar-refractivity contribution in [2.45, 2.75) is 0 Å². The topological polar surface area (TPSA) is 60.0 Å². The Morgan fingerprint density at radius 1 is 1.15 bits per heavy atom. The lowest BCUT2D eigenvalue weighted by molar-refractivity contribution is 0.146. The number of anilines is 1. The number of amides is 2. The van der Waals surface area contributed by atoms with Gasteiger partial charge in [0.1, 0.15) is 12.4 Å². The summed E-state index contributed by atoms with van der Waals surface area (Å²) >= 11 is 0. The van der Waals surface area contributed by atoms with Crippen LogP contribution in [0.5, 0.6) is 5.75 Å². The van der Waals surface area contributed by atoms with Crippen molar-refractivity contribution in [1.29, 1.82) is 0 Å². The summed E-state index contributed by atoms with van der Waals surface area (Å²) in [7, 11) is 4.93. The van der Waals surface area contributed by atoms with Crippen molar-refractivity contribution in [1.82, 2.24) is 4.90 Å². The fraction of sp³-hybridized carbons (Fsp3) is 0.500. The maximum absolute atomic E-state index is 12.0. The van der Waals surface area contributed by atoms with Crippen LogP contribution in [0.25, 0.3) is 0 Å². The number of hydrogen-bond donors (Lipinski definition) is 1. The molecule has 0 saturated carbocycles. The fourth-order valence-electron chi connectivity index (χ4n) is 1.47. The Kier molecular flexibility index (Phi) is 7.46. The highest BCUT2D eigenvalue weighted by Crippen LogP contribution is 2.23. The number of likely N-dealkylation sites (N-methyl/N-ethyl adjacent to an activating group) is 1. The predicted octanol–water partition coefficient (Wildman–Crippen LogP) is 1.82. The van der Waals surface area contributed by atoms with Crippen molar-refractivity contribution in [3.63, 3.8) is 0 Å². The average molecular weight is 282 g/mol. The molecule has 6 heteroatoms. The van der Waals surface area contributed by atoms with Gasteiger partial charge in [-0.25, -0.2) is 4.79 Å². The van der Waals surface area contributed by atoms with Gasteiger partial charge >= 0.3 is 6.03 Å². The van der Waals surface area contributed by atoms with E-state index in [2.05, 4.69) is 5.32 Å². The molecule has 1 aromatic rings. The first kappa shape index (κ1) is 16.3. The molecule has 0 unspecified atom stereocenters. The molecule has 0 saturated heterocycles. The summed E-state index contributed by atoms with van der Waals surface area (Å²) < 4.78 is 15.4. The van der Waals surface area contributed by atoms with Crippen LogP contribution < -0.4 is 10.1 Å². The highest BCUT2D eigenvalue weighted by Gasteiger charge is 2.11. The molecule has 0 fully saturated rings.